The summed E-state index contributed by atoms with van der Waals surface area (Å²) < 4.78 is 5.71. The van der Waals surface area contributed by atoms with E-state index < -0.39 is 5.91 Å². The number of aromatic amines is 1. The largest absolute Gasteiger partial charge is 0.380 e. The number of H-pyrrole nitrogens is 1. The lowest BCUT2D eigenvalue weighted by atomic mass is 10.00. The molecule has 6 nitrogen and oxygen atoms in total. The molecule has 0 unspecified atom stereocenters. The molecule has 1 fully saturated rings. The van der Waals surface area contributed by atoms with Gasteiger partial charge in [-0.25, -0.2) is 5.48 Å². The maximum absolute atomic E-state index is 11.1. The fourth-order valence-corrected chi connectivity index (χ4v) is 4.53. The van der Waals surface area contributed by atoms with Gasteiger partial charge in [-0.2, -0.15) is 0 Å². The van der Waals surface area contributed by atoms with E-state index in [0.29, 0.717) is 6.04 Å². The average molecular weight is 420 g/mol. The van der Waals surface area contributed by atoms with Crippen LogP contribution in [0.1, 0.15) is 28.8 Å². The number of amides is 1. The van der Waals surface area contributed by atoms with Gasteiger partial charge in [-0.3, -0.25) is 14.9 Å². The number of carbonyl (C=O) groups excluding carboxylic acids is 1. The maximum atomic E-state index is 11.1. The van der Waals surface area contributed by atoms with E-state index in [1.54, 1.807) is 18.7 Å². The fourth-order valence-electron chi connectivity index (χ4n) is 4.53. The first-order chi connectivity index (χ1) is 15.1. The lowest BCUT2D eigenvalue weighted by Crippen LogP contribution is -2.31. The van der Waals surface area contributed by atoms with Crippen LogP contribution < -0.4 is 5.48 Å². The van der Waals surface area contributed by atoms with Crippen molar-refractivity contribution in [1.29, 1.82) is 0 Å². The zero-order valence-corrected chi connectivity index (χ0v) is 18.0. The van der Waals surface area contributed by atoms with Crippen molar-refractivity contribution in [3.8, 4) is 0 Å². The number of fused-ring (bicyclic) bond motifs is 1. The minimum atomic E-state index is -0.540. The number of nitrogens with one attached hydrogen (secondary N) is 2. The Labute approximate surface area is 182 Å². The van der Waals surface area contributed by atoms with Gasteiger partial charge in [-0.1, -0.05) is 42.5 Å². The molecule has 2 atom stereocenters. The molecule has 3 N–H and O–H groups in total. The molecule has 0 aliphatic carbocycles. The van der Waals surface area contributed by atoms with Crippen LogP contribution in [0.4, 0.5) is 0 Å². The summed E-state index contributed by atoms with van der Waals surface area (Å²) in [6.07, 6.45) is 5.24. The first-order valence-electron chi connectivity index (χ1n) is 10.6. The highest BCUT2D eigenvalue weighted by Crippen LogP contribution is 2.30. The zero-order valence-electron chi connectivity index (χ0n) is 18.0. The average Bonchev–Trinajstić information content (AvgIpc) is 3.33. The highest BCUT2D eigenvalue weighted by molar-refractivity contribution is 5.90. The Morgan fingerprint density at radius 1 is 1.26 bits per heavy atom. The summed E-state index contributed by atoms with van der Waals surface area (Å²) in [6, 6.07) is 17.1. The van der Waals surface area contributed by atoms with Crippen LogP contribution in [0.5, 0.6) is 0 Å². The molecule has 4 rings (SSSR count). The summed E-state index contributed by atoms with van der Waals surface area (Å²) >= 11 is 0. The molecule has 0 spiro atoms. The number of nitrogens with zero attached hydrogens (tertiary/aromatic N) is 1. The predicted octanol–water partition coefficient (Wildman–Crippen LogP) is 3.83. The number of hydrogen-bond donors (Lipinski definition) is 3. The van der Waals surface area contributed by atoms with Crippen molar-refractivity contribution < 1.29 is 14.7 Å². The third-order valence-corrected chi connectivity index (χ3v) is 6.19. The Morgan fingerprint density at radius 2 is 2.03 bits per heavy atom. The van der Waals surface area contributed by atoms with Gasteiger partial charge in [0.1, 0.15) is 0 Å². The summed E-state index contributed by atoms with van der Waals surface area (Å²) in [5.41, 5.74) is 7.56. The molecule has 0 radical (unpaired) electrons. The van der Waals surface area contributed by atoms with E-state index in [0.717, 1.165) is 31.5 Å². The molecule has 1 aromatic heterocycles. The number of likely N-dealkylation sites (tertiary alicyclic amines) is 1. The van der Waals surface area contributed by atoms with Crippen molar-refractivity contribution in [2.75, 3.05) is 13.7 Å². The Hall–Kier alpha value is -2.93. The van der Waals surface area contributed by atoms with Crippen molar-refractivity contribution in [2.24, 2.45) is 0 Å². The molecule has 2 aromatic carbocycles. The quantitative estimate of drug-likeness (QED) is 0.309. The van der Waals surface area contributed by atoms with Crippen LogP contribution in [0, 0.1) is 6.92 Å². The number of hydrogen-bond acceptors (Lipinski definition) is 4. The summed E-state index contributed by atoms with van der Waals surface area (Å²) in [6.45, 7) is 3.93. The van der Waals surface area contributed by atoms with Crippen LogP contribution in [0.3, 0.4) is 0 Å². The van der Waals surface area contributed by atoms with Crippen LogP contribution >= 0.6 is 0 Å². The number of rotatable bonds is 7. The van der Waals surface area contributed by atoms with Gasteiger partial charge in [-0.15, -0.1) is 0 Å². The van der Waals surface area contributed by atoms with E-state index >= 15 is 0 Å². The van der Waals surface area contributed by atoms with E-state index in [1.165, 1.54) is 33.8 Å². The number of hydroxylamine groups is 1. The van der Waals surface area contributed by atoms with Gasteiger partial charge >= 0.3 is 0 Å². The molecule has 2 heterocycles. The number of carbonyl (C=O) groups is 1. The monoisotopic (exact) mass is 419 g/mol. The molecule has 1 saturated heterocycles. The molecule has 31 heavy (non-hydrogen) atoms. The Morgan fingerprint density at radius 3 is 2.77 bits per heavy atom. The summed E-state index contributed by atoms with van der Waals surface area (Å²) in [4.78, 5) is 17.2. The number of methoxy groups -OCH3 is 1. The third kappa shape index (κ3) is 4.88. The topological polar surface area (TPSA) is 77.6 Å². The molecule has 1 aliphatic heterocycles. The minimum absolute atomic E-state index is 0.245. The molecule has 162 valence electrons. The second kappa shape index (κ2) is 9.47. The van der Waals surface area contributed by atoms with Gasteiger partial charge in [0, 0.05) is 48.9 Å². The lowest BCUT2D eigenvalue weighted by Gasteiger charge is -2.24. The molecule has 0 bridgehead atoms. The highest BCUT2D eigenvalue weighted by Gasteiger charge is 2.33. The van der Waals surface area contributed by atoms with E-state index in [9.17, 15) is 4.79 Å². The number of benzene rings is 2. The van der Waals surface area contributed by atoms with Gasteiger partial charge in [-0.05, 0) is 48.6 Å². The lowest BCUT2D eigenvalue weighted by molar-refractivity contribution is -0.124. The SMILES string of the molecule is CO[C@H]1C[C@H](Cc2c(C)[nH]c3ccccc23)N(Cc2ccc(/C=C/C(=O)NO)cc2)C1. The summed E-state index contributed by atoms with van der Waals surface area (Å²) in [7, 11) is 1.80. The van der Waals surface area contributed by atoms with Crippen LogP contribution in [0.25, 0.3) is 17.0 Å². The summed E-state index contributed by atoms with van der Waals surface area (Å²) in [5.74, 6) is -0.540. The van der Waals surface area contributed by atoms with E-state index in [2.05, 4.69) is 53.2 Å². The van der Waals surface area contributed by atoms with Crippen LogP contribution in [-0.2, 0) is 22.5 Å². The number of aryl methyl sites for hydroxylation is 1. The smallest absolute Gasteiger partial charge is 0.267 e. The molecule has 1 amide bonds. The van der Waals surface area contributed by atoms with Gasteiger partial charge in [0.25, 0.3) is 5.91 Å². The zero-order chi connectivity index (χ0) is 21.8. The van der Waals surface area contributed by atoms with Crippen molar-refractivity contribution in [1.82, 2.24) is 15.4 Å². The Bertz CT molecular complexity index is 1070. The molecular formula is C25H29N3O3. The van der Waals surface area contributed by atoms with Gasteiger partial charge in [0.15, 0.2) is 0 Å². The third-order valence-electron chi connectivity index (χ3n) is 6.19. The standard InChI is InChI=1S/C25H29N3O3/c1-17-23(22-5-3-4-6-24(22)26-17)14-20-13-21(31-2)16-28(20)15-19-9-7-18(8-10-19)11-12-25(29)27-30/h3-12,20-21,26,30H,13-16H2,1-2H3,(H,27,29)/b12-11+/t20-,21+/m1/s1. The second-order valence-electron chi connectivity index (χ2n) is 8.21. The number of ether oxygens (including phenoxy) is 1. The number of aromatic nitrogens is 1. The Balaban J connectivity index is 1.49. The molecule has 3 aromatic rings. The molecule has 6 heteroatoms. The maximum Gasteiger partial charge on any atom is 0.267 e. The first kappa shape index (κ1) is 21.3. The van der Waals surface area contributed by atoms with Crippen LogP contribution in [0.2, 0.25) is 0 Å². The second-order valence-corrected chi connectivity index (χ2v) is 8.21. The van der Waals surface area contributed by atoms with Crippen molar-refractivity contribution in [3.05, 3.63) is 77.0 Å². The highest BCUT2D eigenvalue weighted by atomic mass is 16.5. The van der Waals surface area contributed by atoms with E-state index in [-0.39, 0.29) is 6.10 Å². The van der Waals surface area contributed by atoms with Gasteiger partial charge < -0.3 is 9.72 Å². The van der Waals surface area contributed by atoms with E-state index in [4.69, 9.17) is 9.94 Å². The summed E-state index contributed by atoms with van der Waals surface area (Å²) in [5, 5.41) is 9.89. The predicted molar refractivity (Wildman–Crippen MR) is 122 cm³/mol. The van der Waals surface area contributed by atoms with Crippen molar-refractivity contribution in [3.63, 3.8) is 0 Å². The van der Waals surface area contributed by atoms with Crippen molar-refractivity contribution in [2.45, 2.75) is 38.5 Å². The molecule has 0 saturated carbocycles. The fraction of sp³-hybridized carbons (Fsp3) is 0.320. The molecule has 1 aliphatic rings. The van der Waals surface area contributed by atoms with E-state index in [1.807, 2.05) is 12.1 Å². The van der Waals surface area contributed by atoms with Crippen LogP contribution in [0.15, 0.2) is 54.6 Å². The molecular weight excluding hydrogens is 390 g/mol. The van der Waals surface area contributed by atoms with Gasteiger partial charge in [0.2, 0.25) is 0 Å². The minimum Gasteiger partial charge on any atom is -0.380 e. The Kier molecular flexibility index (Phi) is 6.51. The van der Waals surface area contributed by atoms with Crippen LogP contribution in [-0.4, -0.2) is 46.8 Å². The van der Waals surface area contributed by atoms with Gasteiger partial charge in [0.05, 0.1) is 6.10 Å². The first-order valence-corrected chi connectivity index (χ1v) is 10.6. The van der Waals surface area contributed by atoms with Crippen molar-refractivity contribution >= 4 is 22.9 Å². The normalized spacial score (nSPS) is 19.5. The number of para-hydroxylation sites is 1.